The molecule has 2 saturated heterocycles. The molecular weight excluding hydrogens is 482 g/mol. The van der Waals surface area contributed by atoms with Crippen molar-refractivity contribution < 1.29 is 19.2 Å². The van der Waals surface area contributed by atoms with Gasteiger partial charge in [-0.15, -0.1) is 0 Å². The third kappa shape index (κ3) is 2.29. The van der Waals surface area contributed by atoms with Gasteiger partial charge in [-0.1, -0.05) is 66.7 Å². The number of nitrogens with zero attached hydrogens (tertiary/aromatic N) is 1. The van der Waals surface area contributed by atoms with Crippen LogP contribution in [0.25, 0.3) is 33.6 Å². The molecule has 3 heterocycles. The number of rotatable bonds is 1. The third-order valence-corrected chi connectivity index (χ3v) is 7.96. The fourth-order valence-corrected chi connectivity index (χ4v) is 6.40. The quantitative estimate of drug-likeness (QED) is 0.299. The number of benzene rings is 3. The molecule has 3 aromatic carbocycles. The Hall–Kier alpha value is -5.31. The summed E-state index contributed by atoms with van der Waals surface area (Å²) in [7, 11) is 0. The Bertz CT molecular complexity index is 1830. The average molecular weight is 499 g/mol. The fourth-order valence-electron chi connectivity index (χ4n) is 6.40. The Morgan fingerprint density at radius 3 is 1.79 bits per heavy atom. The molecule has 38 heavy (non-hydrogen) atoms. The molecule has 0 bridgehead atoms. The van der Waals surface area contributed by atoms with Crippen molar-refractivity contribution in [1.82, 2.24) is 26.3 Å². The lowest BCUT2D eigenvalue weighted by Crippen LogP contribution is -2.43. The van der Waals surface area contributed by atoms with Crippen LogP contribution in [0.2, 0.25) is 0 Å². The molecule has 2 atom stereocenters. The maximum Gasteiger partial charge on any atom is 0.322 e. The monoisotopic (exact) mass is 499 g/mol. The van der Waals surface area contributed by atoms with E-state index in [4.69, 9.17) is 4.98 Å². The van der Waals surface area contributed by atoms with Crippen LogP contribution in [0.15, 0.2) is 78.9 Å². The second kappa shape index (κ2) is 6.71. The molecule has 2 spiro atoms. The van der Waals surface area contributed by atoms with Crippen molar-refractivity contribution in [2.45, 2.75) is 11.1 Å². The number of nitrogens with one attached hydrogen (secondary N) is 4. The highest BCUT2D eigenvalue weighted by atomic mass is 16.2. The topological polar surface area (TPSA) is 129 Å². The number of aromatic nitrogens is 1. The normalized spacial score (nSPS) is 23.5. The molecule has 4 aromatic rings. The largest absolute Gasteiger partial charge is 0.322 e. The summed E-state index contributed by atoms with van der Waals surface area (Å²) >= 11 is 0. The molecule has 4 N–H and O–H groups in total. The Balaban J connectivity index is 1.32. The standard InChI is InChI=1S/C29H17N5O4/c35-24-28(33-26(37)31-24)19-8-4-2-6-17(19)23-20(28)11-12-22(30-23)14-9-10-16-15-5-1-3-7-18(15)29(21(16)13-14)25(36)32-27(38)34-29/h1-13H,(H2,31,33,35,37)(H2,32,34,36,38). The number of urea groups is 2. The number of hydrogen-bond donors (Lipinski definition) is 4. The van der Waals surface area contributed by atoms with Crippen LogP contribution in [-0.2, 0) is 20.7 Å². The zero-order valence-electron chi connectivity index (χ0n) is 19.6. The summed E-state index contributed by atoms with van der Waals surface area (Å²) in [6.45, 7) is 0. The van der Waals surface area contributed by atoms with Gasteiger partial charge in [-0.25, -0.2) is 14.6 Å². The number of carbonyl (C=O) groups excluding carboxylic acids is 4. The first-order chi connectivity index (χ1) is 18.4. The van der Waals surface area contributed by atoms with Crippen LogP contribution < -0.4 is 21.3 Å². The van der Waals surface area contributed by atoms with E-state index in [1.165, 1.54) is 0 Å². The minimum Gasteiger partial charge on any atom is -0.316 e. The molecule has 4 aliphatic rings. The lowest BCUT2D eigenvalue weighted by Gasteiger charge is -2.24. The van der Waals surface area contributed by atoms with Gasteiger partial charge in [0.25, 0.3) is 11.8 Å². The molecule has 182 valence electrons. The second-order valence-corrected chi connectivity index (χ2v) is 9.76. The molecule has 2 unspecified atom stereocenters. The molecule has 9 heteroatoms. The van der Waals surface area contributed by atoms with Gasteiger partial charge in [0.1, 0.15) is 0 Å². The van der Waals surface area contributed by atoms with Crippen molar-refractivity contribution in [2.24, 2.45) is 0 Å². The zero-order valence-corrected chi connectivity index (χ0v) is 19.6. The van der Waals surface area contributed by atoms with Gasteiger partial charge in [-0.05, 0) is 28.8 Å². The molecule has 0 radical (unpaired) electrons. The van der Waals surface area contributed by atoms with E-state index in [2.05, 4.69) is 21.3 Å². The van der Waals surface area contributed by atoms with E-state index in [0.29, 0.717) is 28.1 Å². The molecule has 9 nitrogen and oxygen atoms in total. The molecule has 8 rings (SSSR count). The van der Waals surface area contributed by atoms with Crippen LogP contribution in [0.4, 0.5) is 9.59 Å². The van der Waals surface area contributed by atoms with Gasteiger partial charge in [0.05, 0.1) is 11.4 Å². The van der Waals surface area contributed by atoms with Gasteiger partial charge in [0.15, 0.2) is 11.1 Å². The lowest BCUT2D eigenvalue weighted by atomic mass is 9.86. The van der Waals surface area contributed by atoms with E-state index in [9.17, 15) is 19.2 Å². The molecule has 1 aromatic heterocycles. The van der Waals surface area contributed by atoms with Crippen LogP contribution in [-0.4, -0.2) is 28.9 Å². The summed E-state index contributed by atoms with van der Waals surface area (Å²) in [6, 6.07) is 23.2. The van der Waals surface area contributed by atoms with E-state index < -0.39 is 35.0 Å². The zero-order chi connectivity index (χ0) is 25.8. The van der Waals surface area contributed by atoms with Crippen molar-refractivity contribution >= 4 is 23.9 Å². The Morgan fingerprint density at radius 2 is 1.13 bits per heavy atom. The Labute approximate surface area is 215 Å². The first-order valence-electron chi connectivity index (χ1n) is 12.1. The minimum atomic E-state index is -1.33. The fraction of sp³-hybridized carbons (Fsp3) is 0.0690. The van der Waals surface area contributed by atoms with Crippen LogP contribution in [0.5, 0.6) is 0 Å². The van der Waals surface area contributed by atoms with Crippen LogP contribution in [0.1, 0.15) is 22.3 Å². The smallest absolute Gasteiger partial charge is 0.316 e. The SMILES string of the molecule is O=C1NC(=O)C2(N1)c1ccccc1-c1ccc(-c3ccc4c(n3)-c3ccccc3C43NC(=O)NC3=O)cc12. The minimum absolute atomic E-state index is 0.424. The predicted molar refractivity (Wildman–Crippen MR) is 135 cm³/mol. The van der Waals surface area contributed by atoms with Gasteiger partial charge in [0, 0.05) is 27.8 Å². The van der Waals surface area contributed by atoms with E-state index >= 15 is 0 Å². The van der Waals surface area contributed by atoms with Crippen molar-refractivity contribution in [3.8, 4) is 33.6 Å². The van der Waals surface area contributed by atoms with Gasteiger partial charge >= 0.3 is 12.1 Å². The predicted octanol–water partition coefficient (Wildman–Crippen LogP) is 2.88. The van der Waals surface area contributed by atoms with E-state index in [0.717, 1.165) is 27.8 Å². The summed E-state index contributed by atoms with van der Waals surface area (Å²) in [5.74, 6) is -0.866. The third-order valence-electron chi connectivity index (χ3n) is 7.96. The summed E-state index contributed by atoms with van der Waals surface area (Å²) in [5.41, 5.74) is 4.46. The average Bonchev–Trinajstić information content (AvgIpc) is 3.59. The molecule has 2 fully saturated rings. The van der Waals surface area contributed by atoms with Crippen molar-refractivity contribution in [2.75, 3.05) is 0 Å². The van der Waals surface area contributed by atoms with Gasteiger partial charge in [0.2, 0.25) is 0 Å². The number of hydrogen-bond acceptors (Lipinski definition) is 5. The number of imide groups is 2. The van der Waals surface area contributed by atoms with E-state index in [1.54, 1.807) is 6.07 Å². The summed E-state index contributed by atoms with van der Waals surface area (Å²) in [4.78, 5) is 55.6. The molecule has 6 amide bonds. The molecule has 2 aliphatic heterocycles. The first-order valence-corrected chi connectivity index (χ1v) is 12.1. The lowest BCUT2D eigenvalue weighted by molar-refractivity contribution is -0.123. The first kappa shape index (κ1) is 20.8. The van der Waals surface area contributed by atoms with Gasteiger partial charge in [-0.3, -0.25) is 20.2 Å². The number of amides is 6. The summed E-state index contributed by atoms with van der Waals surface area (Å²) < 4.78 is 0. The number of fused-ring (bicyclic) bond motifs is 10. The maximum absolute atomic E-state index is 13.2. The van der Waals surface area contributed by atoms with Crippen LogP contribution in [0.3, 0.4) is 0 Å². The summed E-state index contributed by atoms with van der Waals surface area (Å²) in [6.07, 6.45) is 0. The highest BCUT2D eigenvalue weighted by Crippen LogP contribution is 2.51. The number of carbonyl (C=O) groups is 4. The van der Waals surface area contributed by atoms with Crippen molar-refractivity contribution in [3.05, 3.63) is 101 Å². The van der Waals surface area contributed by atoms with E-state index in [1.807, 2.05) is 72.8 Å². The summed E-state index contributed by atoms with van der Waals surface area (Å²) in [5, 5.41) is 10.4. The van der Waals surface area contributed by atoms with Crippen LogP contribution >= 0.6 is 0 Å². The Morgan fingerprint density at radius 1 is 0.553 bits per heavy atom. The Kier molecular flexibility index (Phi) is 3.68. The second-order valence-electron chi connectivity index (χ2n) is 9.76. The number of pyridine rings is 1. The highest BCUT2D eigenvalue weighted by Gasteiger charge is 2.56. The molecular formula is C29H17N5O4. The van der Waals surface area contributed by atoms with Crippen molar-refractivity contribution in [3.63, 3.8) is 0 Å². The molecule has 0 saturated carbocycles. The molecule has 2 aliphatic carbocycles. The van der Waals surface area contributed by atoms with Crippen LogP contribution in [0, 0.1) is 0 Å². The van der Waals surface area contributed by atoms with Crippen molar-refractivity contribution in [1.29, 1.82) is 0 Å². The highest BCUT2D eigenvalue weighted by molar-refractivity contribution is 6.14. The maximum atomic E-state index is 13.2. The van der Waals surface area contributed by atoms with Gasteiger partial charge < -0.3 is 10.6 Å². The van der Waals surface area contributed by atoms with Gasteiger partial charge in [-0.2, -0.15) is 0 Å². The van der Waals surface area contributed by atoms with E-state index in [-0.39, 0.29) is 0 Å².